The van der Waals surface area contributed by atoms with Gasteiger partial charge in [-0.15, -0.1) is 0 Å². The molecule has 1 unspecified atom stereocenters. The molecule has 1 atom stereocenters. The zero-order valence-corrected chi connectivity index (χ0v) is 34.8. The normalized spacial score (nSPS) is 12.4. The van der Waals surface area contributed by atoms with Gasteiger partial charge < -0.3 is 14.2 Å². The number of hydrogen-bond donors (Lipinski definition) is 0. The van der Waals surface area contributed by atoms with Crippen molar-refractivity contribution in [3.05, 3.63) is 48.6 Å². The number of allylic oxidation sites excluding steroid dienone is 8. The largest absolute Gasteiger partial charge is 0.462 e. The Balaban J connectivity index is 4.15. The lowest BCUT2D eigenvalue weighted by molar-refractivity contribution is -0.167. The molecule has 0 amide bonds. The van der Waals surface area contributed by atoms with Crippen LogP contribution < -0.4 is 0 Å². The van der Waals surface area contributed by atoms with Crippen molar-refractivity contribution in [1.82, 2.24) is 0 Å². The highest BCUT2D eigenvalue weighted by molar-refractivity contribution is 5.71. The Kier molecular flexibility index (Phi) is 40.0. The molecular weight excluding hydrogens is 661 g/mol. The van der Waals surface area contributed by atoms with Crippen molar-refractivity contribution in [2.24, 2.45) is 0 Å². The Morgan fingerprint density at radius 1 is 0.396 bits per heavy atom. The third kappa shape index (κ3) is 40.4. The lowest BCUT2D eigenvalue weighted by Crippen LogP contribution is -2.30. The summed E-state index contributed by atoms with van der Waals surface area (Å²) in [4.78, 5) is 37.4. The Bertz CT molecular complexity index is 949. The predicted molar refractivity (Wildman–Crippen MR) is 224 cm³/mol. The molecule has 0 fully saturated rings. The molecule has 0 N–H and O–H groups in total. The van der Waals surface area contributed by atoms with E-state index in [1.807, 2.05) is 0 Å². The van der Waals surface area contributed by atoms with Crippen LogP contribution in [0.4, 0.5) is 0 Å². The zero-order chi connectivity index (χ0) is 38.7. The molecule has 0 radical (unpaired) electrons. The second-order valence-corrected chi connectivity index (χ2v) is 14.6. The summed E-state index contributed by atoms with van der Waals surface area (Å²) in [5, 5.41) is 0. The number of hydrogen-bond acceptors (Lipinski definition) is 6. The van der Waals surface area contributed by atoms with Crippen LogP contribution in [0.25, 0.3) is 0 Å². The monoisotopic (exact) mass is 743 g/mol. The van der Waals surface area contributed by atoms with Crippen molar-refractivity contribution in [2.45, 2.75) is 219 Å². The van der Waals surface area contributed by atoms with Gasteiger partial charge in [-0.1, -0.05) is 185 Å². The van der Waals surface area contributed by atoms with Crippen molar-refractivity contribution in [1.29, 1.82) is 0 Å². The van der Waals surface area contributed by atoms with Gasteiger partial charge in [0.2, 0.25) is 0 Å². The van der Waals surface area contributed by atoms with E-state index in [-0.39, 0.29) is 31.1 Å². The fourth-order valence-electron chi connectivity index (χ4n) is 6.02. The topological polar surface area (TPSA) is 78.9 Å². The Labute approximate surface area is 327 Å². The van der Waals surface area contributed by atoms with Gasteiger partial charge in [0.1, 0.15) is 13.2 Å². The molecule has 53 heavy (non-hydrogen) atoms. The second kappa shape index (κ2) is 42.1. The lowest BCUT2D eigenvalue weighted by Gasteiger charge is -2.18. The summed E-state index contributed by atoms with van der Waals surface area (Å²) in [5.74, 6) is -0.899. The van der Waals surface area contributed by atoms with Crippen molar-refractivity contribution in [3.63, 3.8) is 0 Å². The van der Waals surface area contributed by atoms with E-state index >= 15 is 0 Å². The Morgan fingerprint density at radius 3 is 1.15 bits per heavy atom. The van der Waals surface area contributed by atoms with Crippen LogP contribution in [0.5, 0.6) is 0 Å². The van der Waals surface area contributed by atoms with E-state index in [0.717, 1.165) is 89.9 Å². The van der Waals surface area contributed by atoms with E-state index in [4.69, 9.17) is 14.2 Å². The Morgan fingerprint density at radius 2 is 0.736 bits per heavy atom. The molecule has 0 heterocycles. The maximum absolute atomic E-state index is 12.6. The molecular formula is C47H82O6. The average Bonchev–Trinajstić information content (AvgIpc) is 3.15. The number of carbonyl (C=O) groups is 3. The smallest absolute Gasteiger partial charge is 0.306 e. The first kappa shape index (κ1) is 50.4. The van der Waals surface area contributed by atoms with Crippen LogP contribution in [0, 0.1) is 0 Å². The molecule has 0 saturated heterocycles. The molecule has 0 saturated carbocycles. The number of carbonyl (C=O) groups excluding carboxylic acids is 3. The molecule has 0 spiro atoms. The van der Waals surface area contributed by atoms with E-state index in [2.05, 4.69) is 69.4 Å². The summed E-state index contributed by atoms with van der Waals surface area (Å²) in [5.41, 5.74) is 0. The van der Waals surface area contributed by atoms with Crippen LogP contribution >= 0.6 is 0 Å². The SMILES string of the molecule is CC/C=C\C/C=C\C/C=C\C/C=C\CCCCCCCCCCC(=O)OCC(COC(=O)CCCCCCCC)OC(=O)CCCCCCCCCC. The van der Waals surface area contributed by atoms with E-state index in [9.17, 15) is 14.4 Å². The van der Waals surface area contributed by atoms with Crippen LogP contribution in [0.3, 0.4) is 0 Å². The van der Waals surface area contributed by atoms with Crippen molar-refractivity contribution < 1.29 is 28.6 Å². The van der Waals surface area contributed by atoms with Gasteiger partial charge in [-0.3, -0.25) is 14.4 Å². The van der Waals surface area contributed by atoms with Crippen LogP contribution in [0.15, 0.2) is 48.6 Å². The van der Waals surface area contributed by atoms with Gasteiger partial charge in [0.15, 0.2) is 6.10 Å². The Hall–Kier alpha value is -2.63. The number of esters is 3. The minimum absolute atomic E-state index is 0.0748. The first-order valence-electron chi connectivity index (χ1n) is 22.1. The first-order chi connectivity index (χ1) is 26.0. The van der Waals surface area contributed by atoms with Crippen LogP contribution in [0.2, 0.25) is 0 Å². The second-order valence-electron chi connectivity index (χ2n) is 14.6. The highest BCUT2D eigenvalue weighted by Crippen LogP contribution is 2.14. The average molecular weight is 743 g/mol. The third-order valence-electron chi connectivity index (χ3n) is 9.35. The lowest BCUT2D eigenvalue weighted by atomic mass is 10.1. The quantitative estimate of drug-likeness (QED) is 0.0270. The molecule has 0 rings (SSSR count). The molecule has 0 bridgehead atoms. The highest BCUT2D eigenvalue weighted by atomic mass is 16.6. The summed E-state index contributed by atoms with van der Waals surface area (Å²) in [6.45, 7) is 6.41. The first-order valence-corrected chi connectivity index (χ1v) is 22.1. The number of ether oxygens (including phenoxy) is 3. The van der Waals surface area contributed by atoms with Gasteiger partial charge >= 0.3 is 17.9 Å². The standard InChI is InChI=1S/C47H82O6/c1-4-7-10-13-16-18-19-20-21-22-23-24-25-26-27-28-29-30-32-34-37-40-46(49)52-43-44(42-51-45(48)39-36-33-15-12-9-6-3)53-47(50)41-38-35-31-17-14-11-8-5-2/h7,10,16,18,20-21,23-24,44H,4-6,8-9,11-15,17,19,22,25-43H2,1-3H3/b10-7-,18-16-,21-20-,24-23-. The zero-order valence-electron chi connectivity index (χ0n) is 34.8. The van der Waals surface area contributed by atoms with Crippen molar-refractivity contribution in [2.75, 3.05) is 13.2 Å². The van der Waals surface area contributed by atoms with Gasteiger partial charge in [0, 0.05) is 19.3 Å². The molecule has 0 aliphatic carbocycles. The summed E-state index contributed by atoms with van der Waals surface area (Å²) in [7, 11) is 0. The van der Waals surface area contributed by atoms with E-state index in [1.165, 1.54) is 83.5 Å². The van der Waals surface area contributed by atoms with Crippen LogP contribution in [-0.2, 0) is 28.6 Å². The molecule has 0 aromatic carbocycles. The number of unbranched alkanes of at least 4 members (excludes halogenated alkanes) is 20. The molecule has 6 nitrogen and oxygen atoms in total. The predicted octanol–water partition coefficient (Wildman–Crippen LogP) is 14.0. The molecule has 0 aliphatic heterocycles. The summed E-state index contributed by atoms with van der Waals surface area (Å²) in [6.07, 6.45) is 48.4. The van der Waals surface area contributed by atoms with Gasteiger partial charge in [-0.05, 0) is 57.8 Å². The van der Waals surface area contributed by atoms with Gasteiger partial charge in [-0.25, -0.2) is 0 Å². The van der Waals surface area contributed by atoms with Gasteiger partial charge in [0.25, 0.3) is 0 Å². The van der Waals surface area contributed by atoms with Crippen molar-refractivity contribution >= 4 is 17.9 Å². The fourth-order valence-corrected chi connectivity index (χ4v) is 6.02. The van der Waals surface area contributed by atoms with E-state index in [1.54, 1.807) is 0 Å². The summed E-state index contributed by atoms with van der Waals surface area (Å²) >= 11 is 0. The molecule has 306 valence electrons. The highest BCUT2D eigenvalue weighted by Gasteiger charge is 2.19. The molecule has 0 aromatic heterocycles. The van der Waals surface area contributed by atoms with Crippen LogP contribution in [0.1, 0.15) is 213 Å². The number of rotatable bonds is 39. The van der Waals surface area contributed by atoms with E-state index < -0.39 is 6.10 Å². The fraction of sp³-hybridized carbons (Fsp3) is 0.766. The van der Waals surface area contributed by atoms with Gasteiger partial charge in [-0.2, -0.15) is 0 Å². The summed E-state index contributed by atoms with van der Waals surface area (Å²) in [6, 6.07) is 0. The van der Waals surface area contributed by atoms with Gasteiger partial charge in [0.05, 0.1) is 0 Å². The van der Waals surface area contributed by atoms with Crippen LogP contribution in [-0.4, -0.2) is 37.2 Å². The minimum Gasteiger partial charge on any atom is -0.462 e. The van der Waals surface area contributed by atoms with E-state index in [0.29, 0.717) is 19.3 Å². The van der Waals surface area contributed by atoms with Crippen molar-refractivity contribution in [3.8, 4) is 0 Å². The molecule has 0 aliphatic rings. The molecule has 6 heteroatoms. The minimum atomic E-state index is -0.767. The summed E-state index contributed by atoms with van der Waals surface area (Å²) < 4.78 is 16.6. The molecule has 0 aromatic rings. The third-order valence-corrected chi connectivity index (χ3v) is 9.35. The maximum atomic E-state index is 12.6. The maximum Gasteiger partial charge on any atom is 0.306 e.